The molecule has 0 aliphatic carbocycles. The maximum Gasteiger partial charge on any atom is 0.138 e. The van der Waals surface area contributed by atoms with Crippen molar-refractivity contribution < 1.29 is 5.11 Å². The minimum atomic E-state index is -0.576. The Hall–Kier alpha value is -1.20. The molecule has 1 aromatic rings. The number of rotatable bonds is 2. The van der Waals surface area contributed by atoms with Crippen LogP contribution in [0.3, 0.4) is 0 Å². The van der Waals surface area contributed by atoms with Crippen LogP contribution in [0.4, 0.5) is 5.82 Å². The lowest BCUT2D eigenvalue weighted by Gasteiger charge is -2.24. The first kappa shape index (κ1) is 13.2. The van der Waals surface area contributed by atoms with Crippen LogP contribution in [0, 0.1) is 0 Å². The fourth-order valence-corrected chi connectivity index (χ4v) is 2.48. The Morgan fingerprint density at radius 3 is 3.00 bits per heavy atom. The predicted octanol–water partition coefficient (Wildman–Crippen LogP) is 1.46. The molecule has 5 heteroatoms. The van der Waals surface area contributed by atoms with Crippen molar-refractivity contribution in [2.24, 2.45) is 5.73 Å². The summed E-state index contributed by atoms with van der Waals surface area (Å²) in [5, 5.41) is 10.1. The van der Waals surface area contributed by atoms with Gasteiger partial charge < -0.3 is 15.7 Å². The Labute approximate surface area is 113 Å². The van der Waals surface area contributed by atoms with Gasteiger partial charge in [0.15, 0.2) is 0 Å². The van der Waals surface area contributed by atoms with Crippen LogP contribution in [0.25, 0.3) is 0 Å². The summed E-state index contributed by atoms with van der Waals surface area (Å²) in [5.74, 6) is 0.836. The zero-order valence-corrected chi connectivity index (χ0v) is 11.4. The lowest BCUT2D eigenvalue weighted by atomic mass is 9.98. The minimum Gasteiger partial charge on any atom is -0.390 e. The summed E-state index contributed by atoms with van der Waals surface area (Å²) >= 11 is 5.06. The second-order valence-corrected chi connectivity index (χ2v) is 5.52. The number of aliphatic hydroxyl groups is 1. The van der Waals surface area contributed by atoms with Crippen molar-refractivity contribution in [2.75, 3.05) is 18.0 Å². The summed E-state index contributed by atoms with van der Waals surface area (Å²) in [6, 6.07) is 3.74. The Bertz CT molecular complexity index is 448. The van der Waals surface area contributed by atoms with E-state index in [2.05, 4.69) is 9.88 Å². The van der Waals surface area contributed by atoms with Crippen LogP contribution in [0.1, 0.15) is 31.7 Å². The number of nitrogens with two attached hydrogens (primary N) is 1. The Kier molecular flexibility index (Phi) is 3.82. The Morgan fingerprint density at radius 2 is 2.28 bits per heavy atom. The molecular weight excluding hydrogens is 246 g/mol. The van der Waals surface area contributed by atoms with E-state index in [0.29, 0.717) is 4.99 Å². The molecule has 1 fully saturated rings. The zero-order valence-electron chi connectivity index (χ0n) is 10.6. The monoisotopic (exact) mass is 265 g/mol. The average molecular weight is 265 g/mol. The third-order valence-electron chi connectivity index (χ3n) is 3.42. The molecule has 1 aromatic heterocycles. The molecule has 1 unspecified atom stereocenters. The van der Waals surface area contributed by atoms with Crippen LogP contribution in [0.2, 0.25) is 0 Å². The third kappa shape index (κ3) is 2.97. The molecule has 1 aliphatic rings. The van der Waals surface area contributed by atoms with Gasteiger partial charge in [0, 0.05) is 19.3 Å². The normalized spacial score (nSPS) is 24.7. The molecule has 3 N–H and O–H groups in total. The highest BCUT2D eigenvalue weighted by atomic mass is 32.1. The largest absolute Gasteiger partial charge is 0.390 e. The fraction of sp³-hybridized carbons (Fsp3) is 0.538. The molecule has 1 saturated heterocycles. The van der Waals surface area contributed by atoms with E-state index in [1.54, 1.807) is 6.20 Å². The molecule has 18 heavy (non-hydrogen) atoms. The van der Waals surface area contributed by atoms with Crippen molar-refractivity contribution in [3.05, 3.63) is 23.9 Å². The number of nitrogens with zero attached hydrogens (tertiary/aromatic N) is 2. The summed E-state index contributed by atoms with van der Waals surface area (Å²) in [7, 11) is 0. The SMILES string of the molecule is CC1(O)CCCN(c2ncccc2C(N)=S)CC1. The van der Waals surface area contributed by atoms with Gasteiger partial charge in [0.2, 0.25) is 0 Å². The van der Waals surface area contributed by atoms with E-state index in [-0.39, 0.29) is 0 Å². The molecule has 0 amide bonds. The van der Waals surface area contributed by atoms with Gasteiger partial charge in [0.05, 0.1) is 11.2 Å². The summed E-state index contributed by atoms with van der Waals surface area (Å²) in [6.07, 6.45) is 4.25. The lowest BCUT2D eigenvalue weighted by molar-refractivity contribution is 0.0481. The van der Waals surface area contributed by atoms with E-state index >= 15 is 0 Å². The summed E-state index contributed by atoms with van der Waals surface area (Å²) in [6.45, 7) is 3.55. The Balaban J connectivity index is 2.24. The Morgan fingerprint density at radius 1 is 1.50 bits per heavy atom. The standard InChI is InChI=1S/C13H19N3OS/c1-13(17)5-3-8-16(9-6-13)12-10(11(14)18)4-2-7-15-12/h2,4,7,17H,3,5-6,8-9H2,1H3,(H2,14,18). The highest BCUT2D eigenvalue weighted by molar-refractivity contribution is 7.80. The molecule has 0 bridgehead atoms. The topological polar surface area (TPSA) is 62.4 Å². The number of thiocarbonyl (C=S) groups is 1. The smallest absolute Gasteiger partial charge is 0.138 e. The summed E-state index contributed by atoms with van der Waals surface area (Å²) < 4.78 is 0. The fourth-order valence-electron chi connectivity index (χ4n) is 2.32. The number of hydrogen-bond donors (Lipinski definition) is 2. The second-order valence-electron chi connectivity index (χ2n) is 5.08. The van der Waals surface area contributed by atoms with Crippen LogP contribution >= 0.6 is 12.2 Å². The van der Waals surface area contributed by atoms with Crippen molar-refractivity contribution in [3.63, 3.8) is 0 Å². The number of aromatic nitrogens is 1. The van der Waals surface area contributed by atoms with Gasteiger partial charge in [-0.2, -0.15) is 0 Å². The van der Waals surface area contributed by atoms with E-state index in [1.165, 1.54) is 0 Å². The summed E-state index contributed by atoms with van der Waals surface area (Å²) in [4.78, 5) is 6.92. The molecular formula is C13H19N3OS. The number of anilines is 1. The predicted molar refractivity (Wildman–Crippen MR) is 76.8 cm³/mol. The van der Waals surface area contributed by atoms with Crippen molar-refractivity contribution in [3.8, 4) is 0 Å². The first-order chi connectivity index (χ1) is 8.49. The van der Waals surface area contributed by atoms with Crippen LogP contribution in [0.5, 0.6) is 0 Å². The van der Waals surface area contributed by atoms with Gasteiger partial charge >= 0.3 is 0 Å². The first-order valence-electron chi connectivity index (χ1n) is 6.22. The van der Waals surface area contributed by atoms with E-state index in [0.717, 1.165) is 43.7 Å². The van der Waals surface area contributed by atoms with Crippen molar-refractivity contribution in [2.45, 2.75) is 31.8 Å². The first-order valence-corrected chi connectivity index (χ1v) is 6.62. The molecule has 2 rings (SSSR count). The number of hydrogen-bond acceptors (Lipinski definition) is 4. The van der Waals surface area contributed by atoms with E-state index in [4.69, 9.17) is 18.0 Å². The highest BCUT2D eigenvalue weighted by Crippen LogP contribution is 2.26. The van der Waals surface area contributed by atoms with Gasteiger partial charge in [-0.1, -0.05) is 12.2 Å². The van der Waals surface area contributed by atoms with Crippen LogP contribution in [0.15, 0.2) is 18.3 Å². The van der Waals surface area contributed by atoms with Crippen molar-refractivity contribution >= 4 is 23.0 Å². The van der Waals surface area contributed by atoms with Crippen molar-refractivity contribution in [1.29, 1.82) is 0 Å². The van der Waals surface area contributed by atoms with Gasteiger partial charge in [-0.3, -0.25) is 0 Å². The molecule has 0 saturated carbocycles. The van der Waals surface area contributed by atoms with E-state index < -0.39 is 5.60 Å². The highest BCUT2D eigenvalue weighted by Gasteiger charge is 2.26. The van der Waals surface area contributed by atoms with E-state index in [1.807, 2.05) is 19.1 Å². The number of pyridine rings is 1. The van der Waals surface area contributed by atoms with Crippen molar-refractivity contribution in [1.82, 2.24) is 4.98 Å². The van der Waals surface area contributed by atoms with Crippen LogP contribution in [-0.4, -0.2) is 33.8 Å². The van der Waals surface area contributed by atoms with Crippen LogP contribution in [-0.2, 0) is 0 Å². The molecule has 4 nitrogen and oxygen atoms in total. The minimum absolute atomic E-state index is 0.370. The molecule has 1 atom stereocenters. The van der Waals surface area contributed by atoms with Gasteiger partial charge in [0.25, 0.3) is 0 Å². The van der Waals surface area contributed by atoms with Gasteiger partial charge in [0.1, 0.15) is 10.8 Å². The maximum absolute atomic E-state index is 10.1. The zero-order chi connectivity index (χ0) is 13.2. The van der Waals surface area contributed by atoms with Gasteiger partial charge in [-0.05, 0) is 38.3 Å². The van der Waals surface area contributed by atoms with Gasteiger partial charge in [-0.15, -0.1) is 0 Å². The molecule has 0 radical (unpaired) electrons. The van der Waals surface area contributed by atoms with Gasteiger partial charge in [-0.25, -0.2) is 4.98 Å². The van der Waals surface area contributed by atoms with Crippen LogP contribution < -0.4 is 10.6 Å². The lowest BCUT2D eigenvalue weighted by Crippen LogP contribution is -2.30. The second kappa shape index (κ2) is 5.20. The molecule has 0 spiro atoms. The molecule has 98 valence electrons. The summed E-state index contributed by atoms with van der Waals surface area (Å²) in [5.41, 5.74) is 5.97. The molecule has 2 heterocycles. The molecule has 1 aliphatic heterocycles. The van der Waals surface area contributed by atoms with E-state index in [9.17, 15) is 5.11 Å². The average Bonchev–Trinajstić information content (AvgIpc) is 2.50. The maximum atomic E-state index is 10.1. The molecule has 0 aromatic carbocycles. The third-order valence-corrected chi connectivity index (χ3v) is 3.64. The quantitative estimate of drug-likeness (QED) is 0.793.